The summed E-state index contributed by atoms with van der Waals surface area (Å²) in [6.45, 7) is 2.58. The monoisotopic (exact) mass is 494 g/mol. The van der Waals surface area contributed by atoms with E-state index in [0.717, 1.165) is 31.0 Å². The number of carbonyl (C=O) groups is 2. The second-order valence-electron chi connectivity index (χ2n) is 8.17. The fourth-order valence-corrected chi connectivity index (χ4v) is 4.86. The number of piperazine rings is 1. The molecule has 2 aromatic carbocycles. The summed E-state index contributed by atoms with van der Waals surface area (Å²) in [5, 5.41) is 2.68. The predicted molar refractivity (Wildman–Crippen MR) is 122 cm³/mol. The van der Waals surface area contributed by atoms with Crippen molar-refractivity contribution in [2.75, 3.05) is 37.4 Å². The molecular weight excluding hydrogens is 471 g/mol. The van der Waals surface area contributed by atoms with Crippen molar-refractivity contribution in [3.05, 3.63) is 58.9 Å². The van der Waals surface area contributed by atoms with Crippen LogP contribution in [0.4, 0.5) is 10.1 Å². The summed E-state index contributed by atoms with van der Waals surface area (Å²) in [5.41, 5.74) is 0.696. The Balaban J connectivity index is 1.31. The fourth-order valence-electron chi connectivity index (χ4n) is 3.53. The Hall–Kier alpha value is -2.69. The highest BCUT2D eigenvalue weighted by Crippen LogP contribution is 2.22. The van der Waals surface area contributed by atoms with Crippen LogP contribution in [-0.2, 0) is 14.8 Å². The molecule has 1 heterocycles. The molecule has 1 saturated heterocycles. The van der Waals surface area contributed by atoms with Crippen molar-refractivity contribution >= 4 is 39.1 Å². The first-order valence-corrected chi connectivity index (χ1v) is 12.5. The Morgan fingerprint density at radius 2 is 1.70 bits per heavy atom. The van der Waals surface area contributed by atoms with Gasteiger partial charge in [0.05, 0.1) is 16.5 Å². The number of halogens is 2. The predicted octanol–water partition coefficient (Wildman–Crippen LogP) is 2.32. The van der Waals surface area contributed by atoms with E-state index < -0.39 is 15.8 Å². The molecule has 4 rings (SSSR count). The van der Waals surface area contributed by atoms with Crippen molar-refractivity contribution in [3.63, 3.8) is 0 Å². The van der Waals surface area contributed by atoms with Gasteiger partial charge in [-0.3, -0.25) is 19.2 Å². The lowest BCUT2D eigenvalue weighted by Crippen LogP contribution is -2.51. The SMILES string of the molecule is O=C(CN1CCN(C(=O)c2ccc(NS(=O)(=O)c3ccc(F)c(Cl)c3)cc2)CC1)NC1CC1. The van der Waals surface area contributed by atoms with Gasteiger partial charge in [0.2, 0.25) is 5.91 Å². The Morgan fingerprint density at radius 1 is 1.03 bits per heavy atom. The lowest BCUT2D eigenvalue weighted by molar-refractivity contribution is -0.122. The van der Waals surface area contributed by atoms with Gasteiger partial charge in [-0.2, -0.15) is 0 Å². The summed E-state index contributed by atoms with van der Waals surface area (Å²) in [6.07, 6.45) is 2.10. The number of carbonyl (C=O) groups excluding carboxylic acids is 2. The molecule has 1 saturated carbocycles. The first kappa shape index (κ1) is 23.5. The standard InChI is InChI=1S/C22H24ClFN4O4S/c23-19-13-18(7-8-20(19)24)33(31,32)26-17-3-1-15(2-4-17)22(30)28-11-9-27(10-12-28)14-21(29)25-16-5-6-16/h1-4,7-8,13,16,26H,5-6,9-12,14H2,(H,25,29). The lowest BCUT2D eigenvalue weighted by Gasteiger charge is -2.34. The topological polar surface area (TPSA) is 98.8 Å². The second-order valence-corrected chi connectivity index (χ2v) is 10.3. The molecule has 2 fully saturated rings. The average molecular weight is 495 g/mol. The van der Waals surface area contributed by atoms with E-state index >= 15 is 0 Å². The highest BCUT2D eigenvalue weighted by atomic mass is 35.5. The molecular formula is C22H24ClFN4O4S. The van der Waals surface area contributed by atoms with E-state index in [1.807, 2.05) is 4.90 Å². The third-order valence-electron chi connectivity index (χ3n) is 5.55. The molecule has 33 heavy (non-hydrogen) atoms. The maximum Gasteiger partial charge on any atom is 0.261 e. The Labute approximate surface area is 196 Å². The lowest BCUT2D eigenvalue weighted by atomic mass is 10.1. The van der Waals surface area contributed by atoms with Gasteiger partial charge in [0.15, 0.2) is 0 Å². The van der Waals surface area contributed by atoms with E-state index in [-0.39, 0.29) is 27.4 Å². The van der Waals surface area contributed by atoms with Gasteiger partial charge >= 0.3 is 0 Å². The smallest absolute Gasteiger partial charge is 0.261 e. The van der Waals surface area contributed by atoms with E-state index in [9.17, 15) is 22.4 Å². The molecule has 176 valence electrons. The van der Waals surface area contributed by atoms with Crippen molar-refractivity contribution in [3.8, 4) is 0 Å². The van der Waals surface area contributed by atoms with E-state index in [1.165, 1.54) is 12.1 Å². The largest absolute Gasteiger partial charge is 0.352 e. The van der Waals surface area contributed by atoms with Crippen LogP contribution in [0.15, 0.2) is 47.4 Å². The molecule has 0 aromatic heterocycles. The summed E-state index contributed by atoms with van der Waals surface area (Å²) >= 11 is 5.68. The van der Waals surface area contributed by atoms with Gasteiger partial charge in [0.25, 0.3) is 15.9 Å². The molecule has 0 spiro atoms. The molecule has 2 amide bonds. The summed E-state index contributed by atoms with van der Waals surface area (Å²) < 4.78 is 40.7. The van der Waals surface area contributed by atoms with Gasteiger partial charge < -0.3 is 10.2 Å². The number of hydrogen-bond acceptors (Lipinski definition) is 5. The van der Waals surface area contributed by atoms with Crippen molar-refractivity contribution in [1.82, 2.24) is 15.1 Å². The van der Waals surface area contributed by atoms with Crippen LogP contribution in [0.2, 0.25) is 5.02 Å². The first-order chi connectivity index (χ1) is 15.7. The molecule has 2 aliphatic rings. The van der Waals surface area contributed by atoms with Crippen LogP contribution in [-0.4, -0.2) is 68.8 Å². The minimum absolute atomic E-state index is 0.0261. The highest BCUT2D eigenvalue weighted by molar-refractivity contribution is 7.92. The van der Waals surface area contributed by atoms with Gasteiger partial charge in [-0.25, -0.2) is 12.8 Å². The van der Waals surface area contributed by atoms with Crippen LogP contribution < -0.4 is 10.0 Å². The number of nitrogens with one attached hydrogen (secondary N) is 2. The molecule has 0 radical (unpaired) electrons. The second kappa shape index (κ2) is 9.66. The molecule has 1 aliphatic carbocycles. The summed E-state index contributed by atoms with van der Waals surface area (Å²) in [5.74, 6) is -0.837. The van der Waals surface area contributed by atoms with Gasteiger partial charge in [-0.05, 0) is 55.3 Å². The zero-order valence-corrected chi connectivity index (χ0v) is 19.3. The van der Waals surface area contributed by atoms with Crippen LogP contribution in [0.3, 0.4) is 0 Å². The minimum atomic E-state index is -3.96. The number of amides is 2. The van der Waals surface area contributed by atoms with E-state index in [0.29, 0.717) is 44.3 Å². The first-order valence-electron chi connectivity index (χ1n) is 10.6. The number of benzene rings is 2. The molecule has 2 N–H and O–H groups in total. The molecule has 0 bridgehead atoms. The average Bonchev–Trinajstić information content (AvgIpc) is 3.60. The van der Waals surface area contributed by atoms with E-state index in [1.54, 1.807) is 17.0 Å². The van der Waals surface area contributed by atoms with Gasteiger partial charge in [-0.1, -0.05) is 11.6 Å². The summed E-state index contributed by atoms with van der Waals surface area (Å²) in [7, 11) is -3.96. The van der Waals surface area contributed by atoms with Gasteiger partial charge in [0, 0.05) is 43.5 Å². The van der Waals surface area contributed by atoms with E-state index in [2.05, 4.69) is 10.0 Å². The molecule has 0 unspecified atom stereocenters. The zero-order valence-electron chi connectivity index (χ0n) is 17.8. The van der Waals surface area contributed by atoms with Crippen LogP contribution in [0.5, 0.6) is 0 Å². The number of sulfonamides is 1. The summed E-state index contributed by atoms with van der Waals surface area (Å²) in [4.78, 5) is 28.3. The van der Waals surface area contributed by atoms with Crippen molar-refractivity contribution in [2.45, 2.75) is 23.8 Å². The van der Waals surface area contributed by atoms with Gasteiger partial charge in [0.1, 0.15) is 5.82 Å². The quantitative estimate of drug-likeness (QED) is 0.615. The van der Waals surface area contributed by atoms with Crippen molar-refractivity contribution in [2.24, 2.45) is 0 Å². The maximum atomic E-state index is 13.3. The number of nitrogens with zero attached hydrogens (tertiary/aromatic N) is 2. The van der Waals surface area contributed by atoms with Crippen molar-refractivity contribution in [1.29, 1.82) is 0 Å². The molecule has 1 aliphatic heterocycles. The highest BCUT2D eigenvalue weighted by Gasteiger charge is 2.26. The molecule has 8 nitrogen and oxygen atoms in total. The van der Waals surface area contributed by atoms with E-state index in [4.69, 9.17) is 11.6 Å². The Morgan fingerprint density at radius 3 is 2.30 bits per heavy atom. The molecule has 11 heteroatoms. The van der Waals surface area contributed by atoms with Crippen LogP contribution in [0, 0.1) is 5.82 Å². The normalized spacial score (nSPS) is 17.0. The van der Waals surface area contributed by atoms with Crippen LogP contribution >= 0.6 is 11.6 Å². The Bertz CT molecular complexity index is 1150. The zero-order chi connectivity index (χ0) is 23.6. The number of rotatable bonds is 7. The minimum Gasteiger partial charge on any atom is -0.352 e. The maximum absolute atomic E-state index is 13.3. The number of anilines is 1. The molecule has 2 aromatic rings. The fraction of sp³-hybridized carbons (Fsp3) is 0.364. The third-order valence-corrected chi connectivity index (χ3v) is 7.22. The Kier molecular flexibility index (Phi) is 6.87. The molecule has 0 atom stereocenters. The number of hydrogen-bond donors (Lipinski definition) is 2. The van der Waals surface area contributed by atoms with Gasteiger partial charge in [-0.15, -0.1) is 0 Å². The third kappa shape index (κ3) is 6.01. The van der Waals surface area contributed by atoms with Crippen LogP contribution in [0.25, 0.3) is 0 Å². The van der Waals surface area contributed by atoms with Crippen LogP contribution in [0.1, 0.15) is 23.2 Å². The summed E-state index contributed by atoms with van der Waals surface area (Å²) in [6, 6.07) is 9.56. The van der Waals surface area contributed by atoms with Crippen molar-refractivity contribution < 1.29 is 22.4 Å².